The van der Waals surface area contributed by atoms with Crippen LogP contribution in [0.1, 0.15) is 65.7 Å². The van der Waals surface area contributed by atoms with E-state index in [1.165, 1.54) is 53.7 Å². The predicted molar refractivity (Wildman–Crippen MR) is 79.4 cm³/mol. The first kappa shape index (κ1) is 19.2. The number of unbranched alkanes of at least 4 members (excludes halogenated alkanes) is 3. The van der Waals surface area contributed by atoms with Gasteiger partial charge in [-0.05, 0) is 18.7 Å². The van der Waals surface area contributed by atoms with Gasteiger partial charge in [0.05, 0.1) is 7.11 Å². The van der Waals surface area contributed by atoms with E-state index in [4.69, 9.17) is 0 Å². The highest BCUT2D eigenvalue weighted by Crippen LogP contribution is 2.10. The van der Waals surface area contributed by atoms with Gasteiger partial charge in [-0.1, -0.05) is 52.9 Å². The lowest BCUT2D eigenvalue weighted by molar-refractivity contribution is -0.140. The average Bonchev–Trinajstić information content (AvgIpc) is 2.36. The molecule has 104 valence electrons. The average molecular weight is 262 g/mol. The molecule has 0 rings (SSSR count). The van der Waals surface area contributed by atoms with Gasteiger partial charge in [0.1, 0.15) is 0 Å². The van der Waals surface area contributed by atoms with Gasteiger partial charge in [0.25, 0.3) is 0 Å². The van der Waals surface area contributed by atoms with E-state index in [2.05, 4.69) is 25.5 Å². The first-order chi connectivity index (χ1) is 8.22. The Kier molecular flexibility index (Phi) is 20.7. The molecule has 0 amide bonds. The summed E-state index contributed by atoms with van der Waals surface area (Å²) in [5.74, 6) is -0.0869. The molecule has 0 atom stereocenters. The molecular weight excluding hydrogens is 231 g/mol. The van der Waals surface area contributed by atoms with Crippen molar-refractivity contribution in [2.75, 3.05) is 19.4 Å². The van der Waals surface area contributed by atoms with Crippen LogP contribution in [0, 0.1) is 0 Å². The minimum absolute atomic E-state index is 0.0869. The fourth-order valence-corrected chi connectivity index (χ4v) is 2.23. The Morgan fingerprint density at radius 2 is 1.53 bits per heavy atom. The number of esters is 1. The number of hydrogen-bond acceptors (Lipinski definition) is 2. The summed E-state index contributed by atoms with van der Waals surface area (Å²) in [6, 6.07) is 0. The van der Waals surface area contributed by atoms with Crippen molar-refractivity contribution in [1.29, 1.82) is 0 Å². The minimum atomic E-state index is -0.0869. The van der Waals surface area contributed by atoms with E-state index in [9.17, 15) is 4.79 Å². The van der Waals surface area contributed by atoms with Crippen molar-refractivity contribution < 1.29 is 9.53 Å². The van der Waals surface area contributed by atoms with Crippen LogP contribution in [0.4, 0.5) is 0 Å². The highest BCUT2D eigenvalue weighted by atomic mass is 31.1. The van der Waals surface area contributed by atoms with E-state index in [1.807, 2.05) is 0 Å². The van der Waals surface area contributed by atoms with Crippen LogP contribution in [0.15, 0.2) is 0 Å². The van der Waals surface area contributed by atoms with Crippen LogP contribution in [0.2, 0.25) is 0 Å². The maximum absolute atomic E-state index is 10.6. The number of carbonyl (C=O) groups is 1. The zero-order valence-electron chi connectivity index (χ0n) is 12.2. The van der Waals surface area contributed by atoms with E-state index in [0.29, 0.717) is 6.42 Å². The first-order valence-electron chi connectivity index (χ1n) is 7.00. The van der Waals surface area contributed by atoms with Crippen LogP contribution in [-0.4, -0.2) is 25.4 Å². The van der Waals surface area contributed by atoms with Crippen molar-refractivity contribution in [3.63, 3.8) is 0 Å². The highest BCUT2D eigenvalue weighted by Gasteiger charge is 1.97. The van der Waals surface area contributed by atoms with E-state index >= 15 is 0 Å². The van der Waals surface area contributed by atoms with E-state index in [-0.39, 0.29) is 5.97 Å². The Morgan fingerprint density at radius 3 is 1.94 bits per heavy atom. The summed E-state index contributed by atoms with van der Waals surface area (Å²) < 4.78 is 4.49. The molecule has 0 saturated heterocycles. The summed E-state index contributed by atoms with van der Waals surface area (Å²) >= 11 is 0. The number of hydrogen-bond donors (Lipinski definition) is 0. The van der Waals surface area contributed by atoms with Gasteiger partial charge in [-0.15, -0.1) is 8.58 Å². The molecule has 0 fully saturated rings. The molecule has 0 bridgehead atoms. The molecule has 0 aromatic rings. The van der Waals surface area contributed by atoms with Crippen LogP contribution in [0.5, 0.6) is 0 Å². The smallest absolute Gasteiger partial charge is 0.305 e. The summed E-state index contributed by atoms with van der Waals surface area (Å²) in [5.41, 5.74) is 0. The van der Waals surface area contributed by atoms with Gasteiger partial charge < -0.3 is 4.74 Å². The molecule has 0 aliphatic carbocycles. The highest BCUT2D eigenvalue weighted by molar-refractivity contribution is 7.37. The van der Waals surface area contributed by atoms with Crippen molar-refractivity contribution in [2.24, 2.45) is 0 Å². The van der Waals surface area contributed by atoms with Gasteiger partial charge in [-0.3, -0.25) is 4.79 Å². The molecule has 3 heteroatoms. The SMILES string of the molecule is CCCCCCC(=O)OC.CCCPCCC. The first-order valence-corrected chi connectivity index (χ1v) is 8.41. The molecule has 0 heterocycles. The van der Waals surface area contributed by atoms with Crippen LogP contribution in [0.3, 0.4) is 0 Å². The number of carbonyl (C=O) groups excluding carboxylic acids is 1. The van der Waals surface area contributed by atoms with Gasteiger partial charge in [0, 0.05) is 6.42 Å². The Hall–Kier alpha value is -0.100. The second-order valence-corrected chi connectivity index (χ2v) is 5.64. The predicted octanol–water partition coefficient (Wildman–Crippen LogP) is 4.61. The third kappa shape index (κ3) is 21.7. The van der Waals surface area contributed by atoms with Crippen molar-refractivity contribution >= 4 is 14.6 Å². The van der Waals surface area contributed by atoms with Crippen LogP contribution < -0.4 is 0 Å². The summed E-state index contributed by atoms with van der Waals surface area (Å²) in [4.78, 5) is 10.6. The normalized spacial score (nSPS) is 9.41. The maximum atomic E-state index is 10.6. The molecule has 0 aromatic heterocycles. The fraction of sp³-hybridized carbons (Fsp3) is 0.929. The van der Waals surface area contributed by atoms with E-state index < -0.39 is 0 Å². The van der Waals surface area contributed by atoms with Crippen molar-refractivity contribution in [2.45, 2.75) is 65.7 Å². The molecule has 0 aromatic carbocycles. The number of ether oxygens (including phenoxy) is 1. The standard InChI is InChI=1S/C8H16O2.C6H15P/c1-3-4-5-6-7-8(9)10-2;1-3-5-7-6-4-2/h3-7H2,1-2H3;7H,3-6H2,1-2H3. The van der Waals surface area contributed by atoms with Crippen molar-refractivity contribution in [1.82, 2.24) is 0 Å². The van der Waals surface area contributed by atoms with Gasteiger partial charge >= 0.3 is 5.97 Å². The molecule has 0 aliphatic heterocycles. The third-order valence-corrected chi connectivity index (χ3v) is 4.02. The molecule has 0 spiro atoms. The lowest BCUT2D eigenvalue weighted by atomic mass is 10.2. The monoisotopic (exact) mass is 262 g/mol. The van der Waals surface area contributed by atoms with E-state index in [1.54, 1.807) is 0 Å². The van der Waals surface area contributed by atoms with Crippen molar-refractivity contribution in [3.8, 4) is 0 Å². The Bertz CT molecular complexity index is 145. The van der Waals surface area contributed by atoms with Crippen LogP contribution >= 0.6 is 8.58 Å². The van der Waals surface area contributed by atoms with Gasteiger partial charge in [-0.25, -0.2) is 0 Å². The molecule has 0 radical (unpaired) electrons. The largest absolute Gasteiger partial charge is 0.469 e. The second-order valence-electron chi connectivity index (χ2n) is 4.14. The molecule has 2 nitrogen and oxygen atoms in total. The molecule has 0 unspecified atom stereocenters. The zero-order valence-corrected chi connectivity index (χ0v) is 13.2. The van der Waals surface area contributed by atoms with Gasteiger partial charge in [0.2, 0.25) is 0 Å². The third-order valence-electron chi connectivity index (χ3n) is 2.32. The summed E-state index contributed by atoms with van der Waals surface area (Å²) in [5, 5.41) is 0. The van der Waals surface area contributed by atoms with Crippen molar-refractivity contribution in [3.05, 3.63) is 0 Å². The second kappa shape index (κ2) is 18.3. The lowest BCUT2D eigenvalue weighted by Gasteiger charge is -1.97. The molecule has 0 aliphatic rings. The summed E-state index contributed by atoms with van der Waals surface area (Å²) in [6.07, 6.45) is 10.8. The Balaban J connectivity index is 0. The Morgan fingerprint density at radius 1 is 0.941 bits per heavy atom. The molecule has 17 heavy (non-hydrogen) atoms. The summed E-state index contributed by atoms with van der Waals surface area (Å²) in [6.45, 7) is 6.66. The topological polar surface area (TPSA) is 26.3 Å². The van der Waals surface area contributed by atoms with Crippen LogP contribution in [-0.2, 0) is 9.53 Å². The molecule has 0 saturated carbocycles. The zero-order chi connectivity index (χ0) is 13.4. The quantitative estimate of drug-likeness (QED) is 0.344. The minimum Gasteiger partial charge on any atom is -0.469 e. The van der Waals surface area contributed by atoms with E-state index in [0.717, 1.165) is 12.8 Å². The lowest BCUT2D eigenvalue weighted by Crippen LogP contribution is -1.98. The van der Waals surface area contributed by atoms with Gasteiger partial charge in [-0.2, -0.15) is 0 Å². The molecular formula is C14H31O2P. The number of methoxy groups -OCH3 is 1. The number of rotatable bonds is 9. The van der Waals surface area contributed by atoms with Crippen LogP contribution in [0.25, 0.3) is 0 Å². The fourth-order valence-electron chi connectivity index (χ4n) is 1.28. The maximum Gasteiger partial charge on any atom is 0.305 e. The summed E-state index contributed by atoms with van der Waals surface area (Å²) in [7, 11) is 2.66. The molecule has 0 N–H and O–H groups in total. The van der Waals surface area contributed by atoms with Gasteiger partial charge in [0.15, 0.2) is 0 Å². The Labute approximate surface area is 110 Å².